The van der Waals surface area contributed by atoms with Gasteiger partial charge in [0.2, 0.25) is 0 Å². The van der Waals surface area contributed by atoms with E-state index < -0.39 is 11.7 Å². The van der Waals surface area contributed by atoms with Gasteiger partial charge in [0, 0.05) is 13.2 Å². The molecule has 0 saturated carbocycles. The van der Waals surface area contributed by atoms with Crippen molar-refractivity contribution in [2.45, 2.75) is 45.7 Å². The van der Waals surface area contributed by atoms with Crippen LogP contribution in [0.5, 0.6) is 0 Å². The van der Waals surface area contributed by atoms with Gasteiger partial charge < -0.3 is 10.4 Å². The Bertz CT molecular complexity index is 1020. The van der Waals surface area contributed by atoms with E-state index in [0.29, 0.717) is 29.9 Å². The van der Waals surface area contributed by atoms with Gasteiger partial charge in [-0.2, -0.15) is 13.2 Å². The number of aliphatic hydroxyl groups is 1. The molecule has 0 aliphatic rings. The van der Waals surface area contributed by atoms with Gasteiger partial charge in [0.1, 0.15) is 0 Å². The Morgan fingerprint density at radius 3 is 2.72 bits per heavy atom. The van der Waals surface area contributed by atoms with E-state index in [1.807, 2.05) is 4.40 Å². The van der Waals surface area contributed by atoms with Gasteiger partial charge in [-0.3, -0.25) is 4.40 Å². The highest BCUT2D eigenvalue weighted by atomic mass is 19.4. The molecule has 3 rings (SSSR count). The number of nitrogens with zero attached hydrogens (tertiary/aromatic N) is 3. The quantitative estimate of drug-likeness (QED) is 0.499. The standard InChI is InChI=1S/C21H25F3N4O/c1-3-6-14(7-4-2)18-13-26-20-19(25-10-5-11-29)27-16-12-15(21(22,23)24)8-9-17(16)28(18)20/h6,8-9,12-13,29H,3-5,7,10-11H2,1-2H3,(H,25,27)/b14-6+. The van der Waals surface area contributed by atoms with Crippen LogP contribution in [0.25, 0.3) is 22.3 Å². The van der Waals surface area contributed by atoms with Crippen LogP contribution in [-0.4, -0.2) is 32.6 Å². The van der Waals surface area contributed by atoms with Crippen molar-refractivity contribution in [1.82, 2.24) is 14.4 Å². The molecule has 0 fully saturated rings. The lowest BCUT2D eigenvalue weighted by molar-refractivity contribution is -0.137. The molecule has 0 radical (unpaired) electrons. The van der Waals surface area contributed by atoms with Crippen LogP contribution < -0.4 is 5.32 Å². The fourth-order valence-electron chi connectivity index (χ4n) is 3.39. The smallest absolute Gasteiger partial charge is 0.396 e. The molecule has 0 aliphatic carbocycles. The molecule has 0 aliphatic heterocycles. The van der Waals surface area contributed by atoms with Gasteiger partial charge in [-0.15, -0.1) is 0 Å². The maximum absolute atomic E-state index is 13.2. The average molecular weight is 406 g/mol. The number of allylic oxidation sites excluding steroid dienone is 2. The summed E-state index contributed by atoms with van der Waals surface area (Å²) in [5, 5.41) is 12.1. The van der Waals surface area contributed by atoms with Crippen molar-refractivity contribution in [2.75, 3.05) is 18.5 Å². The number of alkyl halides is 3. The molecule has 2 heterocycles. The van der Waals surface area contributed by atoms with Gasteiger partial charge in [0.15, 0.2) is 11.5 Å². The second-order valence-electron chi connectivity index (χ2n) is 6.86. The molecule has 2 aromatic heterocycles. The summed E-state index contributed by atoms with van der Waals surface area (Å²) in [7, 11) is 0. The minimum absolute atomic E-state index is 0.00860. The van der Waals surface area contributed by atoms with Crippen LogP contribution in [-0.2, 0) is 6.18 Å². The lowest BCUT2D eigenvalue weighted by Gasteiger charge is -2.14. The molecule has 156 valence electrons. The maximum atomic E-state index is 13.2. The SMILES string of the molecule is CC/C=C(\CCC)c1cnc2c(NCCCO)nc3cc(C(F)(F)F)ccc3n12. The fraction of sp³-hybridized carbons (Fsp3) is 0.429. The number of hydrogen-bond donors (Lipinski definition) is 2. The Kier molecular flexibility index (Phi) is 6.42. The molecule has 3 aromatic rings. The van der Waals surface area contributed by atoms with Crippen molar-refractivity contribution in [3.8, 4) is 0 Å². The molecular weight excluding hydrogens is 381 g/mol. The monoisotopic (exact) mass is 406 g/mol. The van der Waals surface area contributed by atoms with Gasteiger partial charge in [-0.1, -0.05) is 26.3 Å². The van der Waals surface area contributed by atoms with Crippen LogP contribution in [0.15, 0.2) is 30.5 Å². The summed E-state index contributed by atoms with van der Waals surface area (Å²) in [6, 6.07) is 3.60. The zero-order chi connectivity index (χ0) is 21.0. The fourth-order valence-corrected chi connectivity index (χ4v) is 3.39. The van der Waals surface area contributed by atoms with E-state index in [4.69, 9.17) is 5.11 Å². The van der Waals surface area contributed by atoms with Crippen molar-refractivity contribution in [3.63, 3.8) is 0 Å². The summed E-state index contributed by atoms with van der Waals surface area (Å²) in [4.78, 5) is 8.93. The van der Waals surface area contributed by atoms with Gasteiger partial charge >= 0.3 is 6.18 Å². The molecule has 0 saturated heterocycles. The van der Waals surface area contributed by atoms with Crippen LogP contribution in [0.4, 0.5) is 19.0 Å². The largest absolute Gasteiger partial charge is 0.416 e. The first-order chi connectivity index (χ1) is 13.9. The van der Waals surface area contributed by atoms with E-state index >= 15 is 0 Å². The minimum Gasteiger partial charge on any atom is -0.396 e. The first-order valence-electron chi connectivity index (χ1n) is 9.83. The summed E-state index contributed by atoms with van der Waals surface area (Å²) >= 11 is 0. The normalized spacial score (nSPS) is 12.8. The number of aromatic nitrogens is 3. The zero-order valence-corrected chi connectivity index (χ0v) is 16.6. The predicted molar refractivity (Wildman–Crippen MR) is 109 cm³/mol. The van der Waals surface area contributed by atoms with Crippen molar-refractivity contribution in [3.05, 3.63) is 41.7 Å². The van der Waals surface area contributed by atoms with Crippen molar-refractivity contribution in [2.24, 2.45) is 0 Å². The molecule has 0 atom stereocenters. The first-order valence-corrected chi connectivity index (χ1v) is 9.83. The summed E-state index contributed by atoms with van der Waals surface area (Å²) in [5.74, 6) is 0.406. The van der Waals surface area contributed by atoms with Crippen LogP contribution in [0, 0.1) is 0 Å². The third-order valence-electron chi connectivity index (χ3n) is 4.68. The molecular formula is C21H25F3N4O. The highest BCUT2D eigenvalue weighted by Gasteiger charge is 2.31. The number of imidazole rings is 1. The van der Waals surface area contributed by atoms with E-state index in [-0.39, 0.29) is 12.1 Å². The number of halogens is 3. The summed E-state index contributed by atoms with van der Waals surface area (Å²) in [6.07, 6.45) is 2.58. The zero-order valence-electron chi connectivity index (χ0n) is 16.6. The number of benzene rings is 1. The molecule has 8 heteroatoms. The third-order valence-corrected chi connectivity index (χ3v) is 4.68. The summed E-state index contributed by atoms with van der Waals surface area (Å²) in [5.41, 5.74) is 2.61. The number of nitrogens with one attached hydrogen (secondary N) is 1. The maximum Gasteiger partial charge on any atom is 0.416 e. The van der Waals surface area contributed by atoms with Crippen molar-refractivity contribution in [1.29, 1.82) is 0 Å². The molecule has 0 amide bonds. The number of hydrogen-bond acceptors (Lipinski definition) is 4. The predicted octanol–water partition coefficient (Wildman–Crippen LogP) is 5.29. The molecule has 1 aromatic carbocycles. The third kappa shape index (κ3) is 4.37. The molecule has 2 N–H and O–H groups in total. The van der Waals surface area contributed by atoms with Crippen LogP contribution in [0.2, 0.25) is 0 Å². The average Bonchev–Trinajstić information content (AvgIpc) is 3.12. The first kappa shape index (κ1) is 21.1. The Morgan fingerprint density at radius 1 is 1.28 bits per heavy atom. The van der Waals surface area contributed by atoms with E-state index in [9.17, 15) is 13.2 Å². The second kappa shape index (κ2) is 8.82. The molecule has 0 spiro atoms. The number of fused-ring (bicyclic) bond motifs is 3. The molecule has 5 nitrogen and oxygen atoms in total. The van der Waals surface area contributed by atoms with Gasteiger partial charge in [0.05, 0.1) is 28.5 Å². The Labute approximate surface area is 167 Å². The Hall–Kier alpha value is -2.61. The van der Waals surface area contributed by atoms with Crippen LogP contribution in [0.3, 0.4) is 0 Å². The topological polar surface area (TPSA) is 62.5 Å². The van der Waals surface area contributed by atoms with Crippen LogP contribution in [0.1, 0.15) is 50.8 Å². The lowest BCUT2D eigenvalue weighted by Crippen LogP contribution is -2.09. The van der Waals surface area contributed by atoms with E-state index in [1.54, 1.807) is 6.20 Å². The van der Waals surface area contributed by atoms with Gasteiger partial charge in [0.25, 0.3) is 0 Å². The van der Waals surface area contributed by atoms with Gasteiger partial charge in [-0.05, 0) is 43.0 Å². The highest BCUT2D eigenvalue weighted by molar-refractivity contribution is 5.86. The van der Waals surface area contributed by atoms with Crippen molar-refractivity contribution >= 4 is 28.1 Å². The van der Waals surface area contributed by atoms with E-state index in [1.165, 1.54) is 6.07 Å². The van der Waals surface area contributed by atoms with Crippen molar-refractivity contribution < 1.29 is 18.3 Å². The second-order valence-corrected chi connectivity index (χ2v) is 6.86. The van der Waals surface area contributed by atoms with Gasteiger partial charge in [-0.25, -0.2) is 9.97 Å². The molecule has 0 bridgehead atoms. The van der Waals surface area contributed by atoms with E-state index in [0.717, 1.165) is 42.7 Å². The Morgan fingerprint density at radius 2 is 2.07 bits per heavy atom. The number of anilines is 1. The van der Waals surface area contributed by atoms with E-state index in [2.05, 4.69) is 35.2 Å². The molecule has 0 unspecified atom stereocenters. The minimum atomic E-state index is -4.44. The number of aliphatic hydroxyl groups excluding tert-OH is 1. The highest BCUT2D eigenvalue weighted by Crippen LogP contribution is 2.33. The number of rotatable bonds is 8. The summed E-state index contributed by atoms with van der Waals surface area (Å²) in [6.45, 7) is 4.59. The lowest BCUT2D eigenvalue weighted by atomic mass is 10.1. The Balaban J connectivity index is 2.28. The summed E-state index contributed by atoms with van der Waals surface area (Å²) < 4.78 is 41.6. The van der Waals surface area contributed by atoms with Crippen LogP contribution >= 0.6 is 0 Å². The molecule has 29 heavy (non-hydrogen) atoms.